The van der Waals surface area contributed by atoms with Crippen molar-refractivity contribution in [3.8, 4) is 6.57 Å². The second-order valence-electron chi connectivity index (χ2n) is 3.60. The summed E-state index contributed by atoms with van der Waals surface area (Å²) in [4.78, 5) is 3.28. The van der Waals surface area contributed by atoms with Crippen LogP contribution in [0.4, 0.5) is 0 Å². The number of H-pyrrole nitrogens is 1. The predicted molar refractivity (Wildman–Crippen MR) is 71.7 cm³/mol. The number of hydrogen-bond donors (Lipinski definition) is 2. The van der Waals surface area contributed by atoms with Gasteiger partial charge in [-0.15, -0.1) is 6.58 Å². The van der Waals surface area contributed by atoms with Crippen LogP contribution in [0.25, 0.3) is 10.9 Å². The van der Waals surface area contributed by atoms with E-state index in [2.05, 4.69) is 53.9 Å². The molecule has 2 rings (SSSR count). The summed E-state index contributed by atoms with van der Waals surface area (Å²) in [5.41, 5.74) is 2.60. The van der Waals surface area contributed by atoms with Gasteiger partial charge in [0.05, 0.1) is 0 Å². The molecule has 0 saturated heterocycles. The van der Waals surface area contributed by atoms with Crippen LogP contribution in [0.1, 0.15) is 5.56 Å². The van der Waals surface area contributed by atoms with Crippen LogP contribution in [0.15, 0.2) is 43.1 Å². The lowest BCUT2D eigenvalue weighted by Gasteiger charge is -2.00. The van der Waals surface area contributed by atoms with Crippen molar-refractivity contribution in [3.05, 3.63) is 48.7 Å². The van der Waals surface area contributed by atoms with Gasteiger partial charge in [-0.3, -0.25) is 0 Å². The van der Waals surface area contributed by atoms with Crippen molar-refractivity contribution in [1.29, 1.82) is 5.26 Å². The third-order valence-corrected chi connectivity index (χ3v) is 2.53. The van der Waals surface area contributed by atoms with Crippen molar-refractivity contribution in [1.82, 2.24) is 10.3 Å². The van der Waals surface area contributed by atoms with E-state index >= 15 is 0 Å². The summed E-state index contributed by atoms with van der Waals surface area (Å²) >= 11 is 0. The standard InChI is InChI=1S/C13H16N2.CHN/c1-2-8-14-9-7-11-10-15-13-6-4-3-5-12(11)13;1-2/h2-6,10,14-15H,1,7-9H2;1H. The molecular formula is C14H17N3. The number of rotatable bonds is 5. The highest BCUT2D eigenvalue weighted by Crippen LogP contribution is 2.17. The predicted octanol–water partition coefficient (Wildman–Crippen LogP) is 2.63. The van der Waals surface area contributed by atoms with Gasteiger partial charge < -0.3 is 10.3 Å². The van der Waals surface area contributed by atoms with Gasteiger partial charge >= 0.3 is 0 Å². The molecule has 0 spiro atoms. The van der Waals surface area contributed by atoms with Crippen LogP contribution in [0.5, 0.6) is 0 Å². The molecule has 0 saturated carbocycles. The van der Waals surface area contributed by atoms with Gasteiger partial charge in [-0.25, -0.2) is 5.26 Å². The van der Waals surface area contributed by atoms with E-state index < -0.39 is 0 Å². The van der Waals surface area contributed by atoms with Crippen LogP contribution < -0.4 is 5.32 Å². The van der Waals surface area contributed by atoms with Crippen LogP contribution in [-0.4, -0.2) is 18.1 Å². The zero-order valence-electron chi connectivity index (χ0n) is 9.82. The average molecular weight is 227 g/mol. The number of benzene rings is 1. The van der Waals surface area contributed by atoms with Crippen LogP contribution in [-0.2, 0) is 6.42 Å². The van der Waals surface area contributed by atoms with Crippen molar-refractivity contribution in [3.63, 3.8) is 0 Å². The minimum Gasteiger partial charge on any atom is -0.361 e. The molecule has 0 bridgehead atoms. The average Bonchev–Trinajstić information content (AvgIpc) is 2.81. The molecule has 0 fully saturated rings. The summed E-state index contributed by atoms with van der Waals surface area (Å²) in [6, 6.07) is 8.40. The van der Waals surface area contributed by atoms with Gasteiger partial charge in [0.15, 0.2) is 0 Å². The lowest BCUT2D eigenvalue weighted by molar-refractivity contribution is 0.747. The van der Waals surface area contributed by atoms with E-state index in [9.17, 15) is 0 Å². The molecule has 0 amide bonds. The highest BCUT2D eigenvalue weighted by Gasteiger charge is 2.01. The van der Waals surface area contributed by atoms with Crippen LogP contribution in [0.2, 0.25) is 0 Å². The van der Waals surface area contributed by atoms with Gasteiger partial charge in [-0.1, -0.05) is 24.3 Å². The van der Waals surface area contributed by atoms with E-state index in [1.54, 1.807) is 0 Å². The second kappa shape index (κ2) is 7.26. The number of aromatic nitrogens is 1. The fourth-order valence-electron chi connectivity index (χ4n) is 1.77. The molecule has 0 aliphatic carbocycles. The van der Waals surface area contributed by atoms with E-state index in [4.69, 9.17) is 5.26 Å². The molecule has 0 atom stereocenters. The highest BCUT2D eigenvalue weighted by atomic mass is 14.8. The minimum atomic E-state index is 0.877. The molecule has 1 heterocycles. The number of hydrogen-bond acceptors (Lipinski definition) is 2. The Labute approximate surface area is 102 Å². The van der Waals surface area contributed by atoms with Crippen LogP contribution in [0, 0.1) is 11.8 Å². The topological polar surface area (TPSA) is 51.6 Å². The maximum Gasteiger partial charge on any atom is 0.0462 e. The van der Waals surface area contributed by atoms with Gasteiger partial charge in [-0.05, 0) is 24.6 Å². The number of nitriles is 1. The molecule has 17 heavy (non-hydrogen) atoms. The number of fused-ring (bicyclic) bond motifs is 1. The Morgan fingerprint density at radius 1 is 1.35 bits per heavy atom. The van der Waals surface area contributed by atoms with Crippen molar-refractivity contribution in [2.24, 2.45) is 0 Å². The van der Waals surface area contributed by atoms with Crippen LogP contribution >= 0.6 is 0 Å². The van der Waals surface area contributed by atoms with E-state index in [1.165, 1.54) is 16.5 Å². The first-order chi connectivity index (χ1) is 8.42. The Hall–Kier alpha value is -2.05. The van der Waals surface area contributed by atoms with Crippen molar-refractivity contribution in [2.45, 2.75) is 6.42 Å². The van der Waals surface area contributed by atoms with E-state index in [1.807, 2.05) is 6.08 Å². The molecule has 0 unspecified atom stereocenters. The van der Waals surface area contributed by atoms with E-state index in [0.29, 0.717) is 0 Å². The van der Waals surface area contributed by atoms with Crippen molar-refractivity contribution >= 4 is 10.9 Å². The smallest absolute Gasteiger partial charge is 0.0462 e. The summed E-state index contributed by atoms with van der Waals surface area (Å²) in [7, 11) is 0. The second-order valence-corrected chi connectivity index (χ2v) is 3.60. The molecule has 2 aromatic rings. The quantitative estimate of drug-likeness (QED) is 0.609. The maximum absolute atomic E-state index is 6.50. The molecule has 1 aromatic carbocycles. The first-order valence-corrected chi connectivity index (χ1v) is 5.54. The molecule has 0 aliphatic rings. The first-order valence-electron chi connectivity index (χ1n) is 5.54. The Bertz CT molecular complexity index is 482. The molecule has 3 heteroatoms. The molecule has 1 aromatic heterocycles. The fourth-order valence-corrected chi connectivity index (χ4v) is 1.77. The molecule has 88 valence electrons. The third kappa shape index (κ3) is 3.47. The zero-order chi connectivity index (χ0) is 12.5. The fraction of sp³-hybridized carbons (Fsp3) is 0.214. The number of para-hydroxylation sites is 1. The summed E-state index contributed by atoms with van der Waals surface area (Å²) in [5.74, 6) is 0. The van der Waals surface area contributed by atoms with E-state index in [0.717, 1.165) is 19.5 Å². The normalized spacial score (nSPS) is 9.53. The SMILES string of the molecule is C#N.C=CCNCCc1c[nH]c2ccccc12. The number of nitrogens with zero attached hydrogens (tertiary/aromatic N) is 1. The Morgan fingerprint density at radius 2 is 2.12 bits per heavy atom. The zero-order valence-corrected chi connectivity index (χ0v) is 9.82. The molecule has 2 N–H and O–H groups in total. The summed E-state index contributed by atoms with van der Waals surface area (Å²) in [6.45, 7) is 9.05. The Balaban J connectivity index is 0.000000686. The van der Waals surface area contributed by atoms with Crippen molar-refractivity contribution < 1.29 is 0 Å². The summed E-state index contributed by atoms with van der Waals surface area (Å²) in [5, 5.41) is 11.1. The highest BCUT2D eigenvalue weighted by molar-refractivity contribution is 5.83. The molecule has 0 radical (unpaired) electrons. The monoisotopic (exact) mass is 227 g/mol. The van der Waals surface area contributed by atoms with Gasteiger partial charge in [0.2, 0.25) is 0 Å². The van der Waals surface area contributed by atoms with Crippen molar-refractivity contribution in [2.75, 3.05) is 13.1 Å². The molecule has 0 aliphatic heterocycles. The van der Waals surface area contributed by atoms with Gasteiger partial charge in [0.1, 0.15) is 0 Å². The Morgan fingerprint density at radius 3 is 2.88 bits per heavy atom. The Kier molecular flexibility index (Phi) is 5.56. The summed E-state index contributed by atoms with van der Waals surface area (Å²) in [6.07, 6.45) is 5.04. The van der Waals surface area contributed by atoms with Gasteiger partial charge in [0.25, 0.3) is 0 Å². The first kappa shape index (κ1) is 13.0. The minimum absolute atomic E-state index is 0.877. The lowest BCUT2D eigenvalue weighted by Crippen LogP contribution is -2.16. The molecular weight excluding hydrogens is 210 g/mol. The van der Waals surface area contributed by atoms with Gasteiger partial charge in [0, 0.05) is 30.2 Å². The maximum atomic E-state index is 6.50. The third-order valence-electron chi connectivity index (χ3n) is 2.53. The number of nitrogens with one attached hydrogen (secondary N) is 2. The number of aromatic amines is 1. The van der Waals surface area contributed by atoms with E-state index in [-0.39, 0.29) is 0 Å². The lowest BCUT2D eigenvalue weighted by atomic mass is 10.1. The summed E-state index contributed by atoms with van der Waals surface area (Å²) < 4.78 is 0. The molecule has 3 nitrogen and oxygen atoms in total. The van der Waals surface area contributed by atoms with Crippen LogP contribution in [0.3, 0.4) is 0 Å². The largest absolute Gasteiger partial charge is 0.361 e. The van der Waals surface area contributed by atoms with Gasteiger partial charge in [-0.2, -0.15) is 0 Å².